The van der Waals surface area contributed by atoms with Crippen molar-refractivity contribution < 1.29 is 9.59 Å². The van der Waals surface area contributed by atoms with E-state index in [0.29, 0.717) is 6.42 Å². The monoisotopic (exact) mass is 287 g/mol. The third-order valence-electron chi connectivity index (χ3n) is 4.18. The summed E-state index contributed by atoms with van der Waals surface area (Å²) in [4.78, 5) is 25.9. The summed E-state index contributed by atoms with van der Waals surface area (Å²) in [7, 11) is 0. The van der Waals surface area contributed by atoms with Gasteiger partial charge in [-0.3, -0.25) is 9.59 Å². The molecule has 2 aliphatic heterocycles. The molecule has 0 spiro atoms. The number of piperidine rings is 1. The van der Waals surface area contributed by atoms with Crippen molar-refractivity contribution in [2.45, 2.75) is 25.7 Å². The molecule has 2 saturated heterocycles. The standard InChI is InChI=1S/C16H21N3O2/c20-15-6-1-2-9-19(15)14-5-3-4-13(10-14)18-16(21)12-7-8-17-11-12/h3-5,10,12,17H,1-2,6-9,11H2,(H,18,21). The molecule has 5 heteroatoms. The van der Waals surface area contributed by atoms with Crippen molar-refractivity contribution in [1.82, 2.24) is 5.32 Å². The third-order valence-corrected chi connectivity index (χ3v) is 4.18. The lowest BCUT2D eigenvalue weighted by molar-refractivity contribution is -0.120. The zero-order valence-electron chi connectivity index (χ0n) is 12.1. The number of anilines is 2. The minimum absolute atomic E-state index is 0.0466. The number of hydrogen-bond acceptors (Lipinski definition) is 3. The highest BCUT2D eigenvalue weighted by atomic mass is 16.2. The average Bonchev–Trinajstić information content (AvgIpc) is 3.02. The predicted molar refractivity (Wildman–Crippen MR) is 82.3 cm³/mol. The summed E-state index contributed by atoms with van der Waals surface area (Å²) in [5.74, 6) is 0.275. The Morgan fingerprint density at radius 3 is 3.00 bits per heavy atom. The first-order valence-electron chi connectivity index (χ1n) is 7.66. The summed E-state index contributed by atoms with van der Waals surface area (Å²) in [6, 6.07) is 7.58. The molecule has 2 heterocycles. The third kappa shape index (κ3) is 3.24. The summed E-state index contributed by atoms with van der Waals surface area (Å²) in [5, 5.41) is 6.16. The molecule has 112 valence electrons. The summed E-state index contributed by atoms with van der Waals surface area (Å²) in [5.41, 5.74) is 1.64. The highest BCUT2D eigenvalue weighted by Crippen LogP contribution is 2.24. The first-order valence-corrected chi connectivity index (χ1v) is 7.66. The minimum atomic E-state index is 0.0466. The van der Waals surface area contributed by atoms with Crippen molar-refractivity contribution in [2.24, 2.45) is 5.92 Å². The second-order valence-electron chi connectivity index (χ2n) is 5.73. The molecule has 0 aromatic heterocycles. The zero-order valence-corrected chi connectivity index (χ0v) is 12.1. The van der Waals surface area contributed by atoms with Gasteiger partial charge in [0.1, 0.15) is 0 Å². The van der Waals surface area contributed by atoms with Gasteiger partial charge in [-0.2, -0.15) is 0 Å². The Balaban J connectivity index is 1.70. The minimum Gasteiger partial charge on any atom is -0.326 e. The summed E-state index contributed by atoms with van der Waals surface area (Å²) in [6.45, 7) is 2.42. The van der Waals surface area contributed by atoms with Crippen LogP contribution in [0.1, 0.15) is 25.7 Å². The fourth-order valence-electron chi connectivity index (χ4n) is 2.95. The van der Waals surface area contributed by atoms with Gasteiger partial charge in [-0.05, 0) is 44.0 Å². The van der Waals surface area contributed by atoms with Gasteiger partial charge < -0.3 is 15.5 Å². The van der Waals surface area contributed by atoms with E-state index in [1.807, 2.05) is 29.2 Å². The number of carbonyl (C=O) groups is 2. The number of rotatable bonds is 3. The van der Waals surface area contributed by atoms with Crippen LogP contribution >= 0.6 is 0 Å². The molecule has 2 N–H and O–H groups in total. The van der Waals surface area contributed by atoms with Crippen LogP contribution in [0.2, 0.25) is 0 Å². The van der Waals surface area contributed by atoms with E-state index in [1.54, 1.807) is 0 Å². The van der Waals surface area contributed by atoms with E-state index in [-0.39, 0.29) is 17.7 Å². The van der Waals surface area contributed by atoms with Crippen molar-refractivity contribution >= 4 is 23.2 Å². The molecule has 0 radical (unpaired) electrons. The molecule has 0 aliphatic carbocycles. The summed E-state index contributed by atoms with van der Waals surface area (Å²) < 4.78 is 0. The van der Waals surface area contributed by atoms with Crippen LogP contribution < -0.4 is 15.5 Å². The van der Waals surface area contributed by atoms with Crippen molar-refractivity contribution in [1.29, 1.82) is 0 Å². The summed E-state index contributed by atoms with van der Waals surface area (Å²) in [6.07, 6.45) is 3.51. The molecule has 21 heavy (non-hydrogen) atoms. The van der Waals surface area contributed by atoms with Crippen LogP contribution in [-0.4, -0.2) is 31.4 Å². The van der Waals surface area contributed by atoms with Gasteiger partial charge in [0.25, 0.3) is 0 Å². The van der Waals surface area contributed by atoms with Crippen molar-refractivity contribution in [2.75, 3.05) is 29.9 Å². The van der Waals surface area contributed by atoms with E-state index >= 15 is 0 Å². The zero-order chi connectivity index (χ0) is 14.7. The topological polar surface area (TPSA) is 61.4 Å². The fourth-order valence-corrected chi connectivity index (χ4v) is 2.95. The van der Waals surface area contributed by atoms with Gasteiger partial charge in [0.05, 0.1) is 5.92 Å². The van der Waals surface area contributed by atoms with Gasteiger partial charge in [0.2, 0.25) is 11.8 Å². The first kappa shape index (κ1) is 14.1. The highest BCUT2D eigenvalue weighted by Gasteiger charge is 2.23. The first-order chi connectivity index (χ1) is 10.2. The lowest BCUT2D eigenvalue weighted by atomic mass is 10.1. The van der Waals surface area contributed by atoms with Gasteiger partial charge in [-0.25, -0.2) is 0 Å². The van der Waals surface area contributed by atoms with Crippen LogP contribution in [0.3, 0.4) is 0 Å². The highest BCUT2D eigenvalue weighted by molar-refractivity contribution is 5.96. The molecule has 1 aromatic carbocycles. The fraction of sp³-hybridized carbons (Fsp3) is 0.500. The van der Waals surface area contributed by atoms with E-state index in [2.05, 4.69) is 10.6 Å². The van der Waals surface area contributed by atoms with Crippen molar-refractivity contribution in [3.8, 4) is 0 Å². The van der Waals surface area contributed by atoms with Gasteiger partial charge in [0.15, 0.2) is 0 Å². The van der Waals surface area contributed by atoms with Gasteiger partial charge in [-0.15, -0.1) is 0 Å². The van der Waals surface area contributed by atoms with Crippen LogP contribution in [0.5, 0.6) is 0 Å². The van der Waals surface area contributed by atoms with E-state index in [0.717, 1.165) is 50.3 Å². The number of carbonyl (C=O) groups excluding carboxylic acids is 2. The Morgan fingerprint density at radius 1 is 1.33 bits per heavy atom. The van der Waals surface area contributed by atoms with Gasteiger partial charge in [0, 0.05) is 30.9 Å². The second-order valence-corrected chi connectivity index (χ2v) is 5.73. The van der Waals surface area contributed by atoms with Crippen molar-refractivity contribution in [3.05, 3.63) is 24.3 Å². The van der Waals surface area contributed by atoms with Crippen LogP contribution in [0, 0.1) is 5.92 Å². The van der Waals surface area contributed by atoms with E-state index in [1.165, 1.54) is 0 Å². The molecule has 1 aromatic rings. The largest absolute Gasteiger partial charge is 0.326 e. The molecule has 0 bridgehead atoms. The smallest absolute Gasteiger partial charge is 0.228 e. The Kier molecular flexibility index (Phi) is 4.20. The van der Waals surface area contributed by atoms with Gasteiger partial charge >= 0.3 is 0 Å². The molecule has 2 amide bonds. The lowest BCUT2D eigenvalue weighted by Gasteiger charge is -2.27. The average molecular weight is 287 g/mol. The van der Waals surface area contributed by atoms with E-state index in [4.69, 9.17) is 0 Å². The molecule has 3 rings (SSSR count). The van der Waals surface area contributed by atoms with E-state index < -0.39 is 0 Å². The maximum absolute atomic E-state index is 12.1. The Morgan fingerprint density at radius 2 is 2.24 bits per heavy atom. The second kappa shape index (κ2) is 6.26. The Bertz CT molecular complexity index is 538. The number of amides is 2. The molecular formula is C16H21N3O2. The normalized spacial score (nSPS) is 22.4. The number of nitrogens with zero attached hydrogens (tertiary/aromatic N) is 1. The van der Waals surface area contributed by atoms with Crippen molar-refractivity contribution in [3.63, 3.8) is 0 Å². The lowest BCUT2D eigenvalue weighted by Crippen LogP contribution is -2.35. The number of nitrogens with one attached hydrogen (secondary N) is 2. The van der Waals surface area contributed by atoms with Crippen LogP contribution in [0.4, 0.5) is 11.4 Å². The SMILES string of the molecule is O=C(Nc1cccc(N2CCCCC2=O)c1)C1CCNC1. The molecule has 1 atom stereocenters. The predicted octanol–water partition coefficient (Wildman–Crippen LogP) is 1.75. The quantitative estimate of drug-likeness (QED) is 0.890. The van der Waals surface area contributed by atoms with Gasteiger partial charge in [-0.1, -0.05) is 6.07 Å². The van der Waals surface area contributed by atoms with Crippen LogP contribution in [0.15, 0.2) is 24.3 Å². The molecular weight excluding hydrogens is 266 g/mol. The number of benzene rings is 1. The maximum atomic E-state index is 12.1. The maximum Gasteiger partial charge on any atom is 0.228 e. The van der Waals surface area contributed by atoms with Crippen LogP contribution in [-0.2, 0) is 9.59 Å². The Hall–Kier alpha value is -1.88. The van der Waals surface area contributed by atoms with E-state index in [9.17, 15) is 9.59 Å². The molecule has 0 saturated carbocycles. The molecule has 2 aliphatic rings. The molecule has 5 nitrogen and oxygen atoms in total. The molecule has 2 fully saturated rings. The Labute approximate surface area is 124 Å². The summed E-state index contributed by atoms with van der Waals surface area (Å²) >= 11 is 0. The molecule has 1 unspecified atom stereocenters. The van der Waals surface area contributed by atoms with Crippen LogP contribution in [0.25, 0.3) is 0 Å². The number of hydrogen-bond donors (Lipinski definition) is 2.